The monoisotopic (exact) mass is 534 g/mol. The lowest BCUT2D eigenvalue weighted by atomic mass is 10.0. The summed E-state index contributed by atoms with van der Waals surface area (Å²) in [6.45, 7) is 2.25. The summed E-state index contributed by atoms with van der Waals surface area (Å²) in [5, 5.41) is 7.12. The van der Waals surface area contributed by atoms with E-state index in [1.54, 1.807) is 18.3 Å². The summed E-state index contributed by atoms with van der Waals surface area (Å²) < 4.78 is 20.3. The van der Waals surface area contributed by atoms with Gasteiger partial charge in [0.1, 0.15) is 23.4 Å². The Labute approximate surface area is 224 Å². The lowest BCUT2D eigenvalue weighted by molar-refractivity contribution is -0.116. The van der Waals surface area contributed by atoms with E-state index < -0.39 is 5.82 Å². The number of carbonyl (C=O) groups excluding carboxylic acids is 1. The highest BCUT2D eigenvalue weighted by molar-refractivity contribution is 7.80. The maximum atomic E-state index is 14.0. The van der Waals surface area contributed by atoms with Gasteiger partial charge in [0.2, 0.25) is 5.91 Å². The fourth-order valence-corrected chi connectivity index (χ4v) is 4.99. The highest BCUT2D eigenvalue weighted by Crippen LogP contribution is 2.41. The minimum absolute atomic E-state index is 0.0998. The van der Waals surface area contributed by atoms with Crippen LogP contribution in [0.5, 0.6) is 0 Å². The Morgan fingerprint density at radius 3 is 2.73 bits per heavy atom. The third-order valence-corrected chi connectivity index (χ3v) is 7.14. The van der Waals surface area contributed by atoms with Crippen LogP contribution in [0.2, 0.25) is 5.02 Å². The molecule has 37 heavy (non-hydrogen) atoms. The largest absolute Gasteiger partial charge is 0.459 e. The van der Waals surface area contributed by atoms with Crippen molar-refractivity contribution < 1.29 is 13.6 Å². The summed E-state index contributed by atoms with van der Waals surface area (Å²) in [7, 11) is 0. The molecule has 1 saturated heterocycles. The van der Waals surface area contributed by atoms with Crippen LogP contribution in [0.4, 0.5) is 10.1 Å². The molecule has 4 aromatic rings. The zero-order valence-corrected chi connectivity index (χ0v) is 21.5. The van der Waals surface area contributed by atoms with Crippen LogP contribution in [-0.2, 0) is 4.79 Å². The first kappa shape index (κ1) is 24.9. The first-order chi connectivity index (χ1) is 17.9. The maximum Gasteiger partial charge on any atom is 0.226 e. The first-order valence-electron chi connectivity index (χ1n) is 11.8. The fourth-order valence-electron chi connectivity index (χ4n) is 4.48. The van der Waals surface area contributed by atoms with Crippen LogP contribution < -0.4 is 10.6 Å². The van der Waals surface area contributed by atoms with Crippen LogP contribution in [0.3, 0.4) is 0 Å². The van der Waals surface area contributed by atoms with E-state index >= 15 is 0 Å². The number of para-hydroxylation sites is 1. The minimum Gasteiger partial charge on any atom is -0.459 e. The zero-order valence-electron chi connectivity index (χ0n) is 19.9. The molecule has 1 aliphatic rings. The Hall–Kier alpha value is -3.75. The van der Waals surface area contributed by atoms with Crippen molar-refractivity contribution in [2.24, 2.45) is 0 Å². The van der Waals surface area contributed by atoms with Gasteiger partial charge >= 0.3 is 0 Å². The van der Waals surface area contributed by atoms with Crippen molar-refractivity contribution in [3.8, 4) is 11.3 Å². The second kappa shape index (κ2) is 10.7. The Kier molecular flexibility index (Phi) is 7.21. The van der Waals surface area contributed by atoms with Crippen molar-refractivity contribution in [3.63, 3.8) is 0 Å². The molecular formula is C28H24ClFN4O2S. The van der Waals surface area contributed by atoms with E-state index in [9.17, 15) is 9.18 Å². The molecular weight excluding hydrogens is 511 g/mol. The Bertz CT molecular complexity index is 1450. The number of hydrogen-bond acceptors (Lipinski definition) is 4. The lowest BCUT2D eigenvalue weighted by Crippen LogP contribution is -2.32. The van der Waals surface area contributed by atoms with Crippen molar-refractivity contribution in [2.75, 3.05) is 11.9 Å². The molecule has 5 rings (SSSR count). The van der Waals surface area contributed by atoms with E-state index in [0.29, 0.717) is 28.2 Å². The predicted molar refractivity (Wildman–Crippen MR) is 146 cm³/mol. The van der Waals surface area contributed by atoms with E-state index in [1.807, 2.05) is 60.4 Å². The van der Waals surface area contributed by atoms with Crippen molar-refractivity contribution in [1.29, 1.82) is 0 Å². The van der Waals surface area contributed by atoms with Gasteiger partial charge in [-0.2, -0.15) is 0 Å². The number of hydrogen-bond donors (Lipinski definition) is 2. The molecule has 2 aromatic heterocycles. The number of carbonyl (C=O) groups is 1. The number of amides is 1. The van der Waals surface area contributed by atoms with Gasteiger partial charge in [-0.3, -0.25) is 9.78 Å². The summed E-state index contributed by atoms with van der Waals surface area (Å²) in [6.07, 6.45) is 1.83. The Balaban J connectivity index is 1.42. The number of nitrogens with zero attached hydrogens (tertiary/aromatic N) is 2. The number of rotatable bonds is 7. The number of anilines is 1. The van der Waals surface area contributed by atoms with E-state index in [2.05, 4.69) is 15.6 Å². The molecule has 0 aliphatic carbocycles. The van der Waals surface area contributed by atoms with E-state index in [0.717, 1.165) is 16.8 Å². The smallest absolute Gasteiger partial charge is 0.226 e. The molecule has 9 heteroatoms. The molecule has 0 spiro atoms. The molecule has 0 saturated carbocycles. The summed E-state index contributed by atoms with van der Waals surface area (Å²) in [5.41, 5.74) is 2.76. The average molecular weight is 535 g/mol. The third-order valence-electron chi connectivity index (χ3n) is 6.38. The maximum absolute atomic E-state index is 14.0. The summed E-state index contributed by atoms with van der Waals surface area (Å²) in [4.78, 5) is 19.1. The lowest BCUT2D eigenvalue weighted by Gasteiger charge is -2.26. The number of furan rings is 1. The molecule has 2 N–H and O–H groups in total. The number of aromatic nitrogens is 1. The molecule has 1 amide bonds. The van der Waals surface area contributed by atoms with E-state index in [1.165, 1.54) is 12.1 Å². The number of benzene rings is 2. The van der Waals surface area contributed by atoms with Crippen LogP contribution in [0.25, 0.3) is 11.3 Å². The van der Waals surface area contributed by atoms with Crippen LogP contribution in [0.1, 0.15) is 35.5 Å². The van der Waals surface area contributed by atoms with Crippen molar-refractivity contribution in [2.45, 2.75) is 25.4 Å². The molecule has 2 aromatic carbocycles. The van der Waals surface area contributed by atoms with Crippen LogP contribution in [0, 0.1) is 12.7 Å². The molecule has 2 atom stereocenters. The molecule has 0 radical (unpaired) electrons. The van der Waals surface area contributed by atoms with Gasteiger partial charge in [0, 0.05) is 29.7 Å². The van der Waals surface area contributed by atoms with Gasteiger partial charge in [-0.15, -0.1) is 0 Å². The van der Waals surface area contributed by atoms with E-state index in [-0.39, 0.29) is 30.1 Å². The SMILES string of the molecule is Cc1c(Cl)cccc1-c1ccc([C@@H]2[C@H](c3ccccn3)NC(=S)N2CCC(=O)Nc2ccccc2F)o1. The van der Waals surface area contributed by atoms with Gasteiger partial charge in [-0.1, -0.05) is 41.9 Å². The normalized spacial score (nSPS) is 17.1. The third kappa shape index (κ3) is 5.21. The molecule has 6 nitrogen and oxygen atoms in total. The summed E-state index contributed by atoms with van der Waals surface area (Å²) >= 11 is 12.0. The summed E-state index contributed by atoms with van der Waals surface area (Å²) in [6, 6.07) is 20.6. The minimum atomic E-state index is -0.485. The average Bonchev–Trinajstić information content (AvgIpc) is 3.51. The van der Waals surface area contributed by atoms with Gasteiger partial charge in [0.05, 0.1) is 17.4 Å². The quantitative estimate of drug-likeness (QED) is 0.266. The summed E-state index contributed by atoms with van der Waals surface area (Å²) in [5.74, 6) is 0.557. The highest BCUT2D eigenvalue weighted by Gasteiger charge is 2.41. The van der Waals surface area contributed by atoms with Crippen LogP contribution in [-0.4, -0.2) is 27.4 Å². The number of thiocarbonyl (C=S) groups is 1. The second-order valence-corrected chi connectivity index (χ2v) is 9.51. The highest BCUT2D eigenvalue weighted by atomic mass is 35.5. The topological polar surface area (TPSA) is 70.4 Å². The van der Waals surface area contributed by atoms with Gasteiger partial charge in [-0.25, -0.2) is 4.39 Å². The number of halogens is 2. The Morgan fingerprint density at radius 2 is 1.95 bits per heavy atom. The number of pyridine rings is 1. The first-order valence-corrected chi connectivity index (χ1v) is 12.6. The van der Waals surface area contributed by atoms with Gasteiger partial charge in [-0.05, 0) is 67.2 Å². The molecule has 1 fully saturated rings. The van der Waals surface area contributed by atoms with Crippen molar-refractivity contribution in [3.05, 3.63) is 107 Å². The Morgan fingerprint density at radius 1 is 1.14 bits per heavy atom. The van der Waals surface area contributed by atoms with Crippen LogP contribution in [0.15, 0.2) is 83.4 Å². The molecule has 188 valence electrons. The van der Waals surface area contributed by atoms with Crippen molar-refractivity contribution in [1.82, 2.24) is 15.2 Å². The van der Waals surface area contributed by atoms with Gasteiger partial charge < -0.3 is 20.0 Å². The van der Waals surface area contributed by atoms with E-state index in [4.69, 9.17) is 28.2 Å². The fraction of sp³-hybridized carbons (Fsp3) is 0.179. The number of nitrogens with one attached hydrogen (secondary N) is 2. The predicted octanol–water partition coefficient (Wildman–Crippen LogP) is 6.44. The standard InChI is InChI=1S/C28H24ClFN4O2S/c1-17-18(7-6-8-19(17)29)23-12-13-24(36-23)27-26(22-11-4-5-15-31-22)33-28(37)34(27)16-14-25(35)32-21-10-3-2-9-20(21)30/h2-13,15,26-27H,14,16H2,1H3,(H,32,35)(H,33,37)/t26-,27+/m0/s1. The second-order valence-electron chi connectivity index (χ2n) is 8.71. The molecule has 1 aliphatic heterocycles. The van der Waals surface area contributed by atoms with Gasteiger partial charge in [0.15, 0.2) is 5.11 Å². The van der Waals surface area contributed by atoms with Gasteiger partial charge in [0.25, 0.3) is 0 Å². The molecule has 0 unspecified atom stereocenters. The van der Waals surface area contributed by atoms with Crippen molar-refractivity contribution >= 4 is 40.5 Å². The van der Waals surface area contributed by atoms with Crippen LogP contribution >= 0.6 is 23.8 Å². The zero-order chi connectivity index (χ0) is 25.9. The molecule has 0 bridgehead atoms. The molecule has 3 heterocycles.